The van der Waals surface area contributed by atoms with Crippen LogP contribution in [0.4, 0.5) is 0 Å². The summed E-state index contributed by atoms with van der Waals surface area (Å²) in [4.78, 5) is 1.19. The average molecular weight is 256 g/mol. The smallest absolute Gasteiger partial charge is 0.0765 e. The van der Waals surface area contributed by atoms with Gasteiger partial charge < -0.3 is 9.62 Å². The van der Waals surface area contributed by atoms with Crippen LogP contribution in [0.5, 0.6) is 0 Å². The Bertz CT molecular complexity index is 438. The molecule has 0 spiro atoms. The van der Waals surface area contributed by atoms with Gasteiger partial charge in [0.05, 0.1) is 36.4 Å². The van der Waals surface area contributed by atoms with Crippen molar-refractivity contribution >= 4 is 10.0 Å². The fraction of sp³-hybridized carbons (Fsp3) is 0.500. The number of benzene rings is 1. The normalized spacial score (nSPS) is 12.0. The summed E-state index contributed by atoms with van der Waals surface area (Å²) >= 11 is 0. The van der Waals surface area contributed by atoms with Gasteiger partial charge in [0.15, 0.2) is 0 Å². The number of nitrogens with one attached hydrogen (secondary N) is 1. The van der Waals surface area contributed by atoms with Gasteiger partial charge in [0.1, 0.15) is 0 Å². The van der Waals surface area contributed by atoms with E-state index in [4.69, 9.17) is 0 Å². The maximum atomic E-state index is 11.7. The number of sulfonamides is 1. The Kier molecular flexibility index (Phi) is 5.11. The molecule has 0 aromatic heterocycles. The summed E-state index contributed by atoms with van der Waals surface area (Å²) < 4.78 is 27.1. The van der Waals surface area contributed by atoms with Crippen molar-refractivity contribution in [2.45, 2.75) is 12.7 Å². The highest BCUT2D eigenvalue weighted by Crippen LogP contribution is 2.11. The molecule has 0 saturated heterocycles. The maximum absolute atomic E-state index is 11.7. The number of aryl methyl sites for hydroxylation is 1. The minimum atomic E-state index is -3.33. The zero-order chi connectivity index (χ0) is 12.9. The van der Waals surface area contributed by atoms with E-state index >= 15 is 0 Å². The van der Waals surface area contributed by atoms with Gasteiger partial charge in [0.2, 0.25) is 0 Å². The molecule has 96 valence electrons. The molecule has 0 amide bonds. The molecular formula is C12H20N2O2S. The van der Waals surface area contributed by atoms with E-state index in [1.54, 1.807) is 0 Å². The highest BCUT2D eigenvalue weighted by molar-refractivity contribution is 7.93. The topological polar surface area (TPSA) is 52.7 Å². The Hall–Kier alpha value is -0.910. The van der Waals surface area contributed by atoms with Crippen LogP contribution >= 0.6 is 0 Å². The Morgan fingerprint density at radius 1 is 1.18 bits per heavy atom. The van der Waals surface area contributed by atoms with Crippen LogP contribution in [0.1, 0.15) is 11.1 Å². The minimum Gasteiger partial charge on any atom is -0.544 e. The molecule has 1 aromatic rings. The van der Waals surface area contributed by atoms with Crippen molar-refractivity contribution in [1.29, 1.82) is 0 Å². The second kappa shape index (κ2) is 6.14. The standard InChI is InChI=1S/C12H19N2O2S/c1-11-4-6-12(7-5-11)10-17(15,16)13-8-9-14(2)3/h4-7H,8-10H2,1-3H3/q-1/p+1. The minimum absolute atomic E-state index is 0.00393. The first-order valence-corrected chi connectivity index (χ1v) is 7.26. The lowest BCUT2D eigenvalue weighted by Crippen LogP contribution is -3.06. The lowest BCUT2D eigenvalue weighted by Gasteiger charge is -2.20. The van der Waals surface area contributed by atoms with Gasteiger partial charge in [-0.1, -0.05) is 36.4 Å². The van der Waals surface area contributed by atoms with Gasteiger partial charge in [-0.15, -0.1) is 0 Å². The van der Waals surface area contributed by atoms with E-state index in [9.17, 15) is 8.42 Å². The Morgan fingerprint density at radius 2 is 1.76 bits per heavy atom. The second-order valence-corrected chi connectivity index (χ2v) is 6.23. The third-order valence-corrected chi connectivity index (χ3v) is 3.64. The molecule has 1 rings (SSSR count). The molecule has 0 saturated carbocycles. The molecule has 5 heteroatoms. The Labute approximate surface area is 104 Å². The summed E-state index contributed by atoms with van der Waals surface area (Å²) in [5.41, 5.74) is 1.91. The third-order valence-electron chi connectivity index (χ3n) is 2.37. The molecule has 0 bridgehead atoms. The van der Waals surface area contributed by atoms with Crippen LogP contribution in [0, 0.1) is 6.92 Å². The summed E-state index contributed by atoms with van der Waals surface area (Å²) in [6.07, 6.45) is 0. The average Bonchev–Trinajstić information content (AvgIpc) is 2.20. The predicted octanol–water partition coefficient (Wildman–Crippen LogP) is 0.343. The molecule has 17 heavy (non-hydrogen) atoms. The van der Waals surface area contributed by atoms with Gasteiger partial charge in [-0.3, -0.25) is 0 Å². The summed E-state index contributed by atoms with van der Waals surface area (Å²) in [5, 5.41) is 0. The number of quaternary nitrogens is 1. The van der Waals surface area contributed by atoms with E-state index < -0.39 is 10.0 Å². The first-order chi connectivity index (χ1) is 7.89. The highest BCUT2D eigenvalue weighted by Gasteiger charge is 2.02. The van der Waals surface area contributed by atoms with Crippen molar-refractivity contribution in [1.82, 2.24) is 0 Å². The molecule has 0 atom stereocenters. The molecule has 0 radical (unpaired) electrons. The molecule has 1 aromatic carbocycles. The van der Waals surface area contributed by atoms with Gasteiger partial charge in [-0.05, 0) is 12.5 Å². The fourth-order valence-corrected chi connectivity index (χ4v) is 2.42. The van der Waals surface area contributed by atoms with Crippen LogP contribution in [-0.4, -0.2) is 35.6 Å². The number of hydrogen-bond donors (Lipinski definition) is 1. The molecule has 0 fully saturated rings. The van der Waals surface area contributed by atoms with Crippen LogP contribution in [-0.2, 0) is 15.8 Å². The molecule has 0 aliphatic carbocycles. The van der Waals surface area contributed by atoms with Gasteiger partial charge >= 0.3 is 0 Å². The molecule has 4 nitrogen and oxygen atoms in total. The molecule has 0 aliphatic heterocycles. The van der Waals surface area contributed by atoms with E-state index in [1.807, 2.05) is 45.3 Å². The van der Waals surface area contributed by atoms with Gasteiger partial charge in [-0.2, -0.15) is 0 Å². The number of hydrogen-bond acceptors (Lipinski definition) is 2. The SMILES string of the molecule is Cc1ccc(CS(=O)(=O)[N-]CC[NH+](C)C)cc1. The first-order valence-electron chi connectivity index (χ1n) is 5.65. The lowest BCUT2D eigenvalue weighted by molar-refractivity contribution is -0.856. The molecule has 1 N–H and O–H groups in total. The highest BCUT2D eigenvalue weighted by atomic mass is 32.2. The van der Waals surface area contributed by atoms with E-state index in [2.05, 4.69) is 4.72 Å². The van der Waals surface area contributed by atoms with Gasteiger partial charge in [0, 0.05) is 0 Å². The Balaban J connectivity index is 2.52. The van der Waals surface area contributed by atoms with Crippen molar-refractivity contribution in [3.8, 4) is 0 Å². The quantitative estimate of drug-likeness (QED) is 0.798. The predicted molar refractivity (Wildman–Crippen MR) is 69.7 cm³/mol. The van der Waals surface area contributed by atoms with Crippen LogP contribution < -0.4 is 4.90 Å². The van der Waals surface area contributed by atoms with Crippen LogP contribution in [0.2, 0.25) is 0 Å². The Morgan fingerprint density at radius 3 is 2.29 bits per heavy atom. The van der Waals surface area contributed by atoms with E-state index in [0.29, 0.717) is 6.54 Å². The summed E-state index contributed by atoms with van der Waals surface area (Å²) in [6, 6.07) is 7.49. The van der Waals surface area contributed by atoms with Crippen molar-refractivity contribution < 1.29 is 13.3 Å². The monoisotopic (exact) mass is 256 g/mol. The summed E-state index contributed by atoms with van der Waals surface area (Å²) in [6.45, 7) is 3.06. The van der Waals surface area contributed by atoms with E-state index in [0.717, 1.165) is 17.7 Å². The van der Waals surface area contributed by atoms with E-state index in [-0.39, 0.29) is 5.75 Å². The lowest BCUT2D eigenvalue weighted by atomic mass is 10.2. The molecule has 0 heterocycles. The van der Waals surface area contributed by atoms with Gasteiger partial charge in [-0.25, -0.2) is 8.42 Å². The van der Waals surface area contributed by atoms with E-state index in [1.165, 1.54) is 4.90 Å². The fourth-order valence-electron chi connectivity index (χ4n) is 1.35. The summed E-state index contributed by atoms with van der Waals surface area (Å²) in [5.74, 6) is -0.00393. The van der Waals surface area contributed by atoms with Crippen LogP contribution in [0.25, 0.3) is 4.72 Å². The first kappa shape index (κ1) is 14.2. The zero-order valence-electron chi connectivity index (χ0n) is 10.6. The molecule has 0 aliphatic rings. The maximum Gasteiger partial charge on any atom is 0.0765 e. The third kappa shape index (κ3) is 5.81. The van der Waals surface area contributed by atoms with Crippen molar-refractivity contribution in [2.75, 3.05) is 27.2 Å². The van der Waals surface area contributed by atoms with Crippen molar-refractivity contribution in [2.24, 2.45) is 0 Å². The number of rotatable bonds is 6. The second-order valence-electron chi connectivity index (χ2n) is 4.52. The van der Waals surface area contributed by atoms with Crippen molar-refractivity contribution in [3.63, 3.8) is 0 Å². The number of likely N-dealkylation sites (N-methyl/N-ethyl adjacent to an activating group) is 1. The largest absolute Gasteiger partial charge is 0.544 e. The molecule has 0 unspecified atom stereocenters. The summed E-state index contributed by atoms with van der Waals surface area (Å²) in [7, 11) is 0.617. The number of nitrogens with zero attached hydrogens (tertiary/aromatic N) is 1. The molecular weight excluding hydrogens is 236 g/mol. The van der Waals surface area contributed by atoms with Gasteiger partial charge in [0.25, 0.3) is 0 Å². The zero-order valence-corrected chi connectivity index (χ0v) is 11.4. The van der Waals surface area contributed by atoms with Crippen LogP contribution in [0.15, 0.2) is 24.3 Å². The van der Waals surface area contributed by atoms with Crippen LogP contribution in [0.3, 0.4) is 0 Å². The van der Waals surface area contributed by atoms with Crippen molar-refractivity contribution in [3.05, 3.63) is 40.1 Å².